The fraction of sp³-hybridized carbons (Fsp3) is 0.810. The Kier molecular flexibility index (Phi) is 43.4. The molecule has 0 bridgehead atoms. The molecule has 0 aromatic rings. The van der Waals surface area contributed by atoms with E-state index in [1.165, 1.54) is 167 Å². The van der Waals surface area contributed by atoms with Crippen LogP contribution in [0.3, 0.4) is 0 Å². The Morgan fingerprint density at radius 1 is 0.435 bits per heavy atom. The Labute approximate surface area is 287 Å². The number of unbranched alkanes of at least 4 members (excludes halogenated alkanes) is 22. The predicted octanol–water partition coefficient (Wildman–Crippen LogP) is 14.3. The fourth-order valence-corrected chi connectivity index (χ4v) is 5.45. The number of carboxylic acids is 2. The third-order valence-electron chi connectivity index (χ3n) is 8.46. The summed E-state index contributed by atoms with van der Waals surface area (Å²) in [5.74, 6) is -1.33. The summed E-state index contributed by atoms with van der Waals surface area (Å²) in [6, 6.07) is 0. The van der Waals surface area contributed by atoms with Crippen LogP contribution in [-0.2, 0) is 9.59 Å². The van der Waals surface area contributed by atoms with E-state index in [4.69, 9.17) is 10.2 Å². The lowest BCUT2D eigenvalue weighted by molar-refractivity contribution is -0.138. The summed E-state index contributed by atoms with van der Waals surface area (Å²) >= 11 is 0. The van der Waals surface area contributed by atoms with E-state index in [1.54, 1.807) is 0 Å². The van der Waals surface area contributed by atoms with Crippen molar-refractivity contribution in [2.45, 2.75) is 219 Å². The molecule has 0 aliphatic heterocycles. The third-order valence-corrected chi connectivity index (χ3v) is 8.46. The first-order valence-electron chi connectivity index (χ1n) is 19.9. The number of aliphatic carboxylic acids is 2. The molecule has 270 valence electrons. The summed E-state index contributed by atoms with van der Waals surface area (Å²) in [7, 11) is 0. The molecule has 0 saturated heterocycles. The highest BCUT2D eigenvalue weighted by Crippen LogP contribution is 2.11. The van der Waals surface area contributed by atoms with E-state index in [1.807, 2.05) is 0 Å². The number of allylic oxidation sites excluding steroid dienone is 6. The van der Waals surface area contributed by atoms with Gasteiger partial charge in [-0.25, -0.2) is 0 Å². The van der Waals surface area contributed by atoms with E-state index in [9.17, 15) is 9.59 Å². The maximum absolute atomic E-state index is 10.3. The van der Waals surface area contributed by atoms with Gasteiger partial charge in [-0.15, -0.1) is 0 Å². The highest BCUT2D eigenvalue weighted by Gasteiger charge is 1.97. The van der Waals surface area contributed by atoms with Crippen molar-refractivity contribution in [3.8, 4) is 0 Å². The van der Waals surface area contributed by atoms with Crippen molar-refractivity contribution in [1.82, 2.24) is 0 Å². The molecule has 0 saturated carbocycles. The lowest BCUT2D eigenvalue weighted by Gasteiger charge is -1.99. The van der Waals surface area contributed by atoms with Crippen LogP contribution >= 0.6 is 0 Å². The zero-order valence-electron chi connectivity index (χ0n) is 30.8. The van der Waals surface area contributed by atoms with Crippen molar-refractivity contribution < 1.29 is 19.8 Å². The molecular formula is C42H78O4. The molecule has 1 rings (SSSR count). The smallest absolute Gasteiger partial charge is 0.303 e. The number of hydrogen-bond donors (Lipinski definition) is 2. The van der Waals surface area contributed by atoms with E-state index in [0.29, 0.717) is 12.8 Å². The summed E-state index contributed by atoms with van der Waals surface area (Å²) in [5.41, 5.74) is 0. The van der Waals surface area contributed by atoms with Crippen molar-refractivity contribution >= 4 is 11.9 Å². The molecule has 0 atom stereocenters. The molecule has 0 aromatic carbocycles. The molecule has 0 spiro atoms. The van der Waals surface area contributed by atoms with Gasteiger partial charge in [0.1, 0.15) is 0 Å². The van der Waals surface area contributed by atoms with Gasteiger partial charge >= 0.3 is 11.9 Å². The van der Waals surface area contributed by atoms with Gasteiger partial charge in [0.25, 0.3) is 0 Å². The van der Waals surface area contributed by atoms with Crippen molar-refractivity contribution in [3.05, 3.63) is 36.5 Å². The van der Waals surface area contributed by atoms with Gasteiger partial charge in [-0.05, 0) is 89.9 Å². The van der Waals surface area contributed by atoms with Crippen molar-refractivity contribution in [3.63, 3.8) is 0 Å². The van der Waals surface area contributed by atoms with Crippen LogP contribution < -0.4 is 0 Å². The average molecular weight is 647 g/mol. The summed E-state index contributed by atoms with van der Waals surface area (Å²) in [4.78, 5) is 20.6. The molecule has 4 heteroatoms. The molecule has 0 fully saturated rings. The first-order valence-corrected chi connectivity index (χ1v) is 19.9. The average Bonchev–Trinajstić information content (AvgIpc) is 3.06. The van der Waals surface area contributed by atoms with Crippen molar-refractivity contribution in [2.75, 3.05) is 0 Å². The van der Waals surface area contributed by atoms with Crippen LogP contribution in [0.25, 0.3) is 0 Å². The molecule has 0 unspecified atom stereocenters. The Morgan fingerprint density at radius 2 is 0.696 bits per heavy atom. The van der Waals surface area contributed by atoms with Gasteiger partial charge in [-0.3, -0.25) is 9.59 Å². The van der Waals surface area contributed by atoms with Gasteiger partial charge in [-0.2, -0.15) is 0 Å². The van der Waals surface area contributed by atoms with E-state index >= 15 is 0 Å². The quantitative estimate of drug-likeness (QED) is 0.0601. The topological polar surface area (TPSA) is 74.6 Å². The maximum atomic E-state index is 10.3. The number of carbonyl (C=O) groups is 2. The second-order valence-corrected chi connectivity index (χ2v) is 13.2. The molecular weight excluding hydrogens is 568 g/mol. The minimum absolute atomic E-state index is 0.332. The van der Waals surface area contributed by atoms with E-state index in [-0.39, 0.29) is 0 Å². The van der Waals surface area contributed by atoms with Gasteiger partial charge in [0.2, 0.25) is 0 Å². The fourth-order valence-electron chi connectivity index (χ4n) is 5.45. The largest absolute Gasteiger partial charge is 0.481 e. The van der Waals surface area contributed by atoms with Gasteiger partial charge in [0.15, 0.2) is 0 Å². The van der Waals surface area contributed by atoms with E-state index in [0.717, 1.165) is 25.7 Å². The summed E-state index contributed by atoms with van der Waals surface area (Å²) in [6.45, 7) is 4.52. The van der Waals surface area contributed by atoms with Crippen LogP contribution in [0.4, 0.5) is 0 Å². The lowest BCUT2D eigenvalue weighted by atomic mass is 10.1. The molecule has 2 N–H and O–H groups in total. The zero-order valence-corrected chi connectivity index (χ0v) is 30.8. The predicted molar refractivity (Wildman–Crippen MR) is 202 cm³/mol. The molecule has 1 aliphatic rings. The molecule has 0 radical (unpaired) electrons. The SMILES string of the molecule is C1=CCCCC1.CCCCCCCC/C=C\CCCCCCCC(=O)O.CCCCCCCC/C=C\CCCCCCCC(=O)O. The number of hydrogen-bond acceptors (Lipinski definition) is 2. The highest BCUT2D eigenvalue weighted by atomic mass is 16.4. The second-order valence-electron chi connectivity index (χ2n) is 13.2. The summed E-state index contributed by atoms with van der Waals surface area (Å²) in [5, 5.41) is 17.0. The van der Waals surface area contributed by atoms with Gasteiger partial charge in [-0.1, -0.05) is 153 Å². The Morgan fingerprint density at radius 3 is 0.935 bits per heavy atom. The van der Waals surface area contributed by atoms with Crippen LogP contribution in [0.2, 0.25) is 0 Å². The minimum atomic E-state index is -0.664. The highest BCUT2D eigenvalue weighted by molar-refractivity contribution is 5.66. The first kappa shape index (κ1) is 46.3. The first-order chi connectivity index (χ1) is 22.5. The molecule has 1 aliphatic carbocycles. The number of carboxylic acid groups (broad SMARTS) is 2. The van der Waals surface area contributed by atoms with Crippen molar-refractivity contribution in [1.29, 1.82) is 0 Å². The van der Waals surface area contributed by atoms with Crippen LogP contribution in [0.5, 0.6) is 0 Å². The van der Waals surface area contributed by atoms with Gasteiger partial charge in [0.05, 0.1) is 0 Å². The number of rotatable bonds is 30. The third kappa shape index (κ3) is 49.0. The van der Waals surface area contributed by atoms with Crippen LogP contribution in [0.15, 0.2) is 36.5 Å². The van der Waals surface area contributed by atoms with Gasteiger partial charge < -0.3 is 10.2 Å². The van der Waals surface area contributed by atoms with Crippen LogP contribution in [0, 0.1) is 0 Å². The Balaban J connectivity index is 0. The molecule has 46 heavy (non-hydrogen) atoms. The monoisotopic (exact) mass is 647 g/mol. The minimum Gasteiger partial charge on any atom is -0.481 e. The molecule has 4 nitrogen and oxygen atoms in total. The molecule has 0 aromatic heterocycles. The van der Waals surface area contributed by atoms with Crippen LogP contribution in [-0.4, -0.2) is 22.2 Å². The Hall–Kier alpha value is -1.84. The second kappa shape index (κ2) is 43.2. The van der Waals surface area contributed by atoms with Crippen molar-refractivity contribution in [2.24, 2.45) is 0 Å². The Bertz CT molecular complexity index is 636. The molecule has 0 heterocycles. The summed E-state index contributed by atoms with van der Waals surface area (Å²) < 4.78 is 0. The standard InChI is InChI=1S/2C18H34O2.C6H10/c2*1-2-3-4-5-6-7-8-9-10-11-12-13-14-15-16-17-18(19)20;1-2-4-6-5-3-1/h2*9-10H,2-8,11-17H2,1H3,(H,19,20);1-2H,3-6H2/b2*10-9-;. The lowest BCUT2D eigenvalue weighted by Crippen LogP contribution is -1.93. The van der Waals surface area contributed by atoms with E-state index in [2.05, 4.69) is 50.3 Å². The van der Waals surface area contributed by atoms with E-state index < -0.39 is 11.9 Å². The van der Waals surface area contributed by atoms with Crippen LogP contribution in [0.1, 0.15) is 219 Å². The maximum Gasteiger partial charge on any atom is 0.303 e. The van der Waals surface area contributed by atoms with Gasteiger partial charge in [0, 0.05) is 12.8 Å². The molecule has 0 amide bonds. The normalized spacial score (nSPS) is 12.6. The summed E-state index contributed by atoms with van der Waals surface area (Å²) in [6.07, 6.45) is 52.5. The zero-order chi connectivity index (χ0) is 34.0.